The van der Waals surface area contributed by atoms with Crippen molar-refractivity contribution in [3.8, 4) is 11.3 Å². The Kier molecular flexibility index (Phi) is 6.37. The Hall–Kier alpha value is -1.70. The molecule has 2 heteroatoms. The van der Waals surface area contributed by atoms with Crippen LogP contribution in [0.25, 0.3) is 11.3 Å². The van der Waals surface area contributed by atoms with Crippen LogP contribution in [-0.4, -0.2) is 9.97 Å². The van der Waals surface area contributed by atoms with E-state index in [-0.39, 0.29) is 0 Å². The van der Waals surface area contributed by atoms with E-state index in [1.807, 2.05) is 0 Å². The lowest BCUT2D eigenvalue weighted by Crippen LogP contribution is -2.09. The molecule has 0 aliphatic rings. The molecule has 0 radical (unpaired) electrons. The largest absolute Gasteiger partial charge is 0.257 e. The van der Waals surface area contributed by atoms with Gasteiger partial charge in [-0.1, -0.05) is 54.0 Å². The van der Waals surface area contributed by atoms with E-state index in [1.54, 1.807) is 0 Å². The molecule has 2 unspecified atom stereocenters. The van der Waals surface area contributed by atoms with Gasteiger partial charge in [-0.2, -0.15) is 0 Å². The van der Waals surface area contributed by atoms with Gasteiger partial charge in [0.25, 0.3) is 0 Å². The van der Waals surface area contributed by atoms with Crippen molar-refractivity contribution >= 4 is 0 Å². The summed E-state index contributed by atoms with van der Waals surface area (Å²) in [6, 6.07) is 6.73. The van der Waals surface area contributed by atoms with E-state index < -0.39 is 0 Å². The minimum Gasteiger partial charge on any atom is -0.257 e. The van der Waals surface area contributed by atoms with Crippen LogP contribution in [0, 0.1) is 19.8 Å². The van der Waals surface area contributed by atoms with E-state index in [2.05, 4.69) is 73.6 Å². The lowest BCUT2D eigenvalue weighted by molar-refractivity contribution is 0.470. The van der Waals surface area contributed by atoms with Gasteiger partial charge in [-0.05, 0) is 61.3 Å². The molecular weight excluding hydrogens is 304 g/mol. The van der Waals surface area contributed by atoms with Crippen molar-refractivity contribution in [3.63, 3.8) is 0 Å². The van der Waals surface area contributed by atoms with Crippen LogP contribution in [0.1, 0.15) is 88.0 Å². The summed E-state index contributed by atoms with van der Waals surface area (Å²) in [5.41, 5.74) is 8.40. The predicted octanol–water partition coefficient (Wildman–Crippen LogP) is 6.60. The molecule has 0 N–H and O–H groups in total. The molecule has 0 aliphatic heterocycles. The summed E-state index contributed by atoms with van der Waals surface area (Å²) in [4.78, 5) is 9.92. The van der Waals surface area contributed by atoms with Crippen molar-refractivity contribution in [1.29, 1.82) is 0 Å². The number of hydrogen-bond acceptors (Lipinski definition) is 2. The summed E-state index contributed by atoms with van der Waals surface area (Å²) < 4.78 is 0. The first kappa shape index (κ1) is 19.6. The van der Waals surface area contributed by atoms with E-state index in [1.165, 1.54) is 23.1 Å². The van der Waals surface area contributed by atoms with Crippen LogP contribution in [0.4, 0.5) is 0 Å². The highest BCUT2D eigenvalue weighted by Crippen LogP contribution is 2.33. The van der Waals surface area contributed by atoms with E-state index in [4.69, 9.17) is 9.97 Å². The zero-order valence-corrected chi connectivity index (χ0v) is 17.3. The van der Waals surface area contributed by atoms with Crippen LogP contribution < -0.4 is 0 Å². The summed E-state index contributed by atoms with van der Waals surface area (Å²) in [5.74, 6) is 1.66. The number of nitrogens with zero attached hydrogens (tertiary/aromatic N) is 2. The Morgan fingerprint density at radius 1 is 0.960 bits per heavy atom. The Balaban J connectivity index is 2.53. The van der Waals surface area contributed by atoms with Gasteiger partial charge in [-0.25, -0.2) is 0 Å². The van der Waals surface area contributed by atoms with Gasteiger partial charge in [0.2, 0.25) is 0 Å². The standard InChI is InChI=1S/C23H34N2/c1-9-15(5)17(7)20-13-16(6)23(24-18(20)8)19-11-12-22(14(3)4)25-21(19)10-2/h11-15,17H,9-10H2,1-8H3. The summed E-state index contributed by atoms with van der Waals surface area (Å²) in [5, 5.41) is 0. The average Bonchev–Trinajstić information content (AvgIpc) is 2.61. The molecule has 2 rings (SSSR count). The number of pyridine rings is 2. The maximum atomic E-state index is 5.02. The molecule has 2 nitrogen and oxygen atoms in total. The molecule has 0 bridgehead atoms. The number of hydrogen-bond donors (Lipinski definition) is 0. The third-order valence-corrected chi connectivity index (χ3v) is 5.61. The first-order chi connectivity index (χ1) is 11.8. The minimum atomic E-state index is 0.453. The summed E-state index contributed by atoms with van der Waals surface area (Å²) in [6.07, 6.45) is 2.13. The molecule has 0 aromatic carbocycles. The molecule has 0 amide bonds. The molecular formula is C23H34N2. The molecule has 2 atom stereocenters. The highest BCUT2D eigenvalue weighted by Gasteiger charge is 2.19. The summed E-state index contributed by atoms with van der Waals surface area (Å²) in [6.45, 7) is 17.8. The Labute approximate surface area is 154 Å². The number of aromatic nitrogens is 2. The van der Waals surface area contributed by atoms with Crippen molar-refractivity contribution < 1.29 is 0 Å². The quantitative estimate of drug-likeness (QED) is 0.593. The third-order valence-electron chi connectivity index (χ3n) is 5.61. The second-order valence-electron chi connectivity index (χ2n) is 7.74. The fraction of sp³-hybridized carbons (Fsp3) is 0.565. The first-order valence-electron chi connectivity index (χ1n) is 9.78. The Morgan fingerprint density at radius 3 is 2.20 bits per heavy atom. The van der Waals surface area contributed by atoms with Crippen molar-refractivity contribution in [1.82, 2.24) is 9.97 Å². The molecule has 25 heavy (non-hydrogen) atoms. The molecule has 0 aliphatic carbocycles. The van der Waals surface area contributed by atoms with Crippen LogP contribution in [0.15, 0.2) is 18.2 Å². The second-order valence-corrected chi connectivity index (χ2v) is 7.74. The van der Waals surface area contributed by atoms with Crippen LogP contribution in [0.5, 0.6) is 0 Å². The fourth-order valence-electron chi connectivity index (χ4n) is 3.45. The summed E-state index contributed by atoms with van der Waals surface area (Å²) in [7, 11) is 0. The van der Waals surface area contributed by atoms with Gasteiger partial charge in [-0.3, -0.25) is 9.97 Å². The van der Waals surface area contributed by atoms with Gasteiger partial charge in [0.1, 0.15) is 0 Å². The molecule has 0 saturated heterocycles. The van der Waals surface area contributed by atoms with Gasteiger partial charge in [0, 0.05) is 22.6 Å². The molecule has 136 valence electrons. The fourth-order valence-corrected chi connectivity index (χ4v) is 3.45. The Morgan fingerprint density at radius 2 is 1.64 bits per heavy atom. The van der Waals surface area contributed by atoms with Gasteiger partial charge in [-0.15, -0.1) is 0 Å². The highest BCUT2D eigenvalue weighted by atomic mass is 14.8. The first-order valence-corrected chi connectivity index (χ1v) is 9.78. The van der Waals surface area contributed by atoms with Crippen molar-refractivity contribution in [2.45, 2.75) is 80.1 Å². The van der Waals surface area contributed by atoms with Gasteiger partial charge in [0.15, 0.2) is 0 Å². The molecule has 0 fully saturated rings. The van der Waals surface area contributed by atoms with Crippen molar-refractivity contribution in [2.24, 2.45) is 5.92 Å². The molecule has 0 spiro atoms. The lowest BCUT2D eigenvalue weighted by Gasteiger charge is -2.22. The second kappa shape index (κ2) is 8.12. The number of aryl methyl sites for hydroxylation is 3. The van der Waals surface area contributed by atoms with Crippen molar-refractivity contribution in [2.75, 3.05) is 0 Å². The van der Waals surface area contributed by atoms with Gasteiger partial charge in [0.05, 0.1) is 5.69 Å². The smallest absolute Gasteiger partial charge is 0.0752 e. The van der Waals surface area contributed by atoms with Crippen LogP contribution in [0.2, 0.25) is 0 Å². The average molecular weight is 339 g/mol. The lowest BCUT2D eigenvalue weighted by atomic mass is 9.85. The maximum absolute atomic E-state index is 5.02. The predicted molar refractivity (Wildman–Crippen MR) is 108 cm³/mol. The third kappa shape index (κ3) is 4.11. The van der Waals surface area contributed by atoms with E-state index >= 15 is 0 Å². The van der Waals surface area contributed by atoms with Crippen molar-refractivity contribution in [3.05, 3.63) is 46.4 Å². The highest BCUT2D eigenvalue weighted by molar-refractivity contribution is 5.66. The normalized spacial score (nSPS) is 14.0. The topological polar surface area (TPSA) is 25.8 Å². The molecule has 0 saturated carbocycles. The molecule has 2 aromatic heterocycles. The van der Waals surface area contributed by atoms with E-state index in [0.29, 0.717) is 17.8 Å². The summed E-state index contributed by atoms with van der Waals surface area (Å²) >= 11 is 0. The zero-order chi connectivity index (χ0) is 18.7. The van der Waals surface area contributed by atoms with Crippen LogP contribution in [0.3, 0.4) is 0 Å². The monoisotopic (exact) mass is 338 g/mol. The molecule has 2 heterocycles. The maximum Gasteiger partial charge on any atom is 0.0752 e. The van der Waals surface area contributed by atoms with Crippen LogP contribution in [-0.2, 0) is 6.42 Å². The molecule has 2 aromatic rings. The van der Waals surface area contributed by atoms with E-state index in [0.717, 1.165) is 29.2 Å². The minimum absolute atomic E-state index is 0.453. The Bertz CT molecular complexity index is 731. The van der Waals surface area contributed by atoms with E-state index in [9.17, 15) is 0 Å². The van der Waals surface area contributed by atoms with Crippen LogP contribution >= 0.6 is 0 Å². The SMILES string of the molecule is CCc1nc(C(C)C)ccc1-c1nc(C)c(C(C)C(C)CC)cc1C. The number of rotatable bonds is 6. The van der Waals surface area contributed by atoms with Gasteiger partial charge >= 0.3 is 0 Å². The van der Waals surface area contributed by atoms with Gasteiger partial charge < -0.3 is 0 Å². The zero-order valence-electron chi connectivity index (χ0n) is 17.3.